The van der Waals surface area contributed by atoms with Gasteiger partial charge in [0.15, 0.2) is 0 Å². The number of aliphatic hydroxyl groups excluding tert-OH is 1. The lowest BCUT2D eigenvalue weighted by Gasteiger charge is -2.43. The first-order valence-electron chi connectivity index (χ1n) is 3.70. The Bertz CT molecular complexity index is 140. The summed E-state index contributed by atoms with van der Waals surface area (Å²) in [6, 6.07) is 0. The van der Waals surface area contributed by atoms with E-state index < -0.39 is 17.3 Å². The van der Waals surface area contributed by atoms with Gasteiger partial charge in [-0.25, -0.2) is 0 Å². The molecule has 0 saturated carbocycles. The van der Waals surface area contributed by atoms with Crippen LogP contribution in [0.5, 0.6) is 0 Å². The second-order valence-corrected chi connectivity index (χ2v) is 3.72. The third kappa shape index (κ3) is 1.54. The van der Waals surface area contributed by atoms with Gasteiger partial charge in [-0.1, -0.05) is 0 Å². The van der Waals surface area contributed by atoms with Gasteiger partial charge in [0.25, 0.3) is 0 Å². The molecule has 4 nitrogen and oxygen atoms in total. The minimum absolute atomic E-state index is 0.310. The quantitative estimate of drug-likeness (QED) is 0.347. The first-order valence-corrected chi connectivity index (χ1v) is 3.70. The van der Waals surface area contributed by atoms with Gasteiger partial charge in [0.2, 0.25) is 0 Å². The van der Waals surface area contributed by atoms with Crippen molar-refractivity contribution in [3.8, 4) is 0 Å². The monoisotopic (exact) mass is 161 g/mol. The first-order chi connectivity index (χ1) is 4.86. The van der Waals surface area contributed by atoms with E-state index in [1.165, 1.54) is 13.8 Å². The molecule has 66 valence electrons. The van der Waals surface area contributed by atoms with Gasteiger partial charge in [-0.05, 0) is 13.8 Å². The molecule has 1 aliphatic heterocycles. The van der Waals surface area contributed by atoms with Crippen LogP contribution in [0, 0.1) is 0 Å². The fraction of sp³-hybridized carbons (Fsp3) is 1.00. The zero-order valence-electron chi connectivity index (χ0n) is 6.83. The molecule has 0 radical (unpaired) electrons. The van der Waals surface area contributed by atoms with Crippen LogP contribution in [0.1, 0.15) is 13.8 Å². The van der Waals surface area contributed by atoms with Crippen molar-refractivity contribution in [3.05, 3.63) is 0 Å². The first kappa shape index (κ1) is 8.93. The molecule has 2 unspecified atom stereocenters. The van der Waals surface area contributed by atoms with E-state index in [-0.39, 0.29) is 0 Å². The van der Waals surface area contributed by atoms with Crippen LogP contribution >= 0.6 is 0 Å². The van der Waals surface area contributed by atoms with Gasteiger partial charge in [0.05, 0.1) is 0 Å². The van der Waals surface area contributed by atoms with Gasteiger partial charge in [0, 0.05) is 13.1 Å². The summed E-state index contributed by atoms with van der Waals surface area (Å²) in [5, 5.41) is 31.3. The molecule has 4 N–H and O–H groups in total. The van der Waals surface area contributed by atoms with E-state index >= 15 is 0 Å². The molecule has 2 atom stereocenters. The highest BCUT2D eigenvalue weighted by molar-refractivity contribution is 5.01. The number of aliphatic hydroxyl groups is 3. The summed E-state index contributed by atoms with van der Waals surface area (Å²) in [7, 11) is 0. The normalized spacial score (nSPS) is 52.6. The zero-order valence-corrected chi connectivity index (χ0v) is 6.83. The van der Waals surface area contributed by atoms with E-state index in [0.29, 0.717) is 13.1 Å². The van der Waals surface area contributed by atoms with Crippen LogP contribution in [0.15, 0.2) is 0 Å². The minimum Gasteiger partial charge on any atom is -0.387 e. The summed E-state index contributed by atoms with van der Waals surface area (Å²) >= 11 is 0. The predicted molar refractivity (Wildman–Crippen MR) is 40.1 cm³/mol. The van der Waals surface area contributed by atoms with Crippen molar-refractivity contribution in [2.45, 2.75) is 31.2 Å². The smallest absolute Gasteiger partial charge is 0.113 e. The summed E-state index contributed by atoms with van der Waals surface area (Å²) in [4.78, 5) is 0. The van der Waals surface area contributed by atoms with E-state index in [1.54, 1.807) is 0 Å². The highest BCUT2D eigenvalue weighted by Crippen LogP contribution is 2.23. The number of hydrogen-bond acceptors (Lipinski definition) is 4. The van der Waals surface area contributed by atoms with E-state index in [2.05, 4.69) is 5.32 Å². The Morgan fingerprint density at radius 3 is 1.82 bits per heavy atom. The maximum absolute atomic E-state index is 9.51. The average Bonchev–Trinajstić information content (AvgIpc) is 1.82. The van der Waals surface area contributed by atoms with Crippen molar-refractivity contribution in [1.82, 2.24) is 5.32 Å². The van der Waals surface area contributed by atoms with Crippen molar-refractivity contribution in [2.24, 2.45) is 0 Å². The SMILES string of the molecule is CC1(O)CNCC(C)(O)C1O. The van der Waals surface area contributed by atoms with Crippen LogP contribution in [-0.2, 0) is 0 Å². The van der Waals surface area contributed by atoms with Gasteiger partial charge in [-0.3, -0.25) is 0 Å². The molecule has 11 heavy (non-hydrogen) atoms. The molecular formula is C7H15NO3. The fourth-order valence-corrected chi connectivity index (χ4v) is 1.43. The Hall–Kier alpha value is -0.160. The Kier molecular flexibility index (Phi) is 1.96. The molecule has 0 aromatic carbocycles. The lowest BCUT2D eigenvalue weighted by Crippen LogP contribution is -2.66. The van der Waals surface area contributed by atoms with Crippen LogP contribution in [0.25, 0.3) is 0 Å². The Labute approximate surface area is 65.9 Å². The Morgan fingerprint density at radius 1 is 1.18 bits per heavy atom. The number of rotatable bonds is 0. The van der Waals surface area contributed by atoms with Crippen LogP contribution in [0.4, 0.5) is 0 Å². The highest BCUT2D eigenvalue weighted by atomic mass is 16.4. The van der Waals surface area contributed by atoms with Crippen LogP contribution < -0.4 is 5.32 Å². The molecule has 0 aliphatic carbocycles. The number of hydrogen-bond donors (Lipinski definition) is 4. The van der Waals surface area contributed by atoms with Gasteiger partial charge in [0.1, 0.15) is 17.3 Å². The predicted octanol–water partition coefficient (Wildman–Crippen LogP) is -1.55. The fourth-order valence-electron chi connectivity index (χ4n) is 1.43. The summed E-state index contributed by atoms with van der Waals surface area (Å²) < 4.78 is 0. The molecule has 1 heterocycles. The Morgan fingerprint density at radius 2 is 1.55 bits per heavy atom. The summed E-state index contributed by atoms with van der Waals surface area (Å²) in [6.45, 7) is 3.62. The zero-order chi connectivity index (χ0) is 8.70. The van der Waals surface area contributed by atoms with Gasteiger partial charge in [-0.15, -0.1) is 0 Å². The van der Waals surface area contributed by atoms with Crippen molar-refractivity contribution in [2.75, 3.05) is 13.1 Å². The third-order valence-corrected chi connectivity index (χ3v) is 2.14. The lowest BCUT2D eigenvalue weighted by molar-refractivity contribution is -0.174. The molecule has 4 heteroatoms. The standard InChI is InChI=1S/C7H15NO3/c1-6(10)3-8-4-7(2,11)5(6)9/h5,8-11H,3-4H2,1-2H3. The summed E-state index contributed by atoms with van der Waals surface area (Å²) in [6.07, 6.45) is -1.09. The molecular weight excluding hydrogens is 146 g/mol. The van der Waals surface area contributed by atoms with E-state index in [1.807, 2.05) is 0 Å². The maximum Gasteiger partial charge on any atom is 0.113 e. The minimum atomic E-state index is -1.23. The number of piperidine rings is 1. The highest BCUT2D eigenvalue weighted by Gasteiger charge is 2.46. The van der Waals surface area contributed by atoms with Crippen LogP contribution in [0.3, 0.4) is 0 Å². The number of nitrogens with one attached hydrogen (secondary N) is 1. The molecule has 0 amide bonds. The molecule has 0 spiro atoms. The maximum atomic E-state index is 9.51. The van der Waals surface area contributed by atoms with E-state index in [9.17, 15) is 15.3 Å². The molecule has 0 aromatic heterocycles. The van der Waals surface area contributed by atoms with Crippen molar-refractivity contribution >= 4 is 0 Å². The van der Waals surface area contributed by atoms with E-state index in [4.69, 9.17) is 0 Å². The van der Waals surface area contributed by atoms with Crippen LogP contribution in [0.2, 0.25) is 0 Å². The third-order valence-electron chi connectivity index (χ3n) is 2.14. The Balaban J connectivity index is 2.76. The van der Waals surface area contributed by atoms with Gasteiger partial charge >= 0.3 is 0 Å². The van der Waals surface area contributed by atoms with Gasteiger partial charge in [-0.2, -0.15) is 0 Å². The molecule has 0 bridgehead atoms. The van der Waals surface area contributed by atoms with Crippen molar-refractivity contribution in [3.63, 3.8) is 0 Å². The summed E-state index contributed by atoms with van der Waals surface area (Å²) in [5.41, 5.74) is -2.47. The van der Waals surface area contributed by atoms with Crippen LogP contribution in [-0.4, -0.2) is 45.7 Å². The largest absolute Gasteiger partial charge is 0.387 e. The number of β-amino-alcohol motifs (C(OH)–C–C–N with tert-alkyl or cyclic N) is 2. The summed E-state index contributed by atoms with van der Waals surface area (Å²) in [5.74, 6) is 0. The van der Waals surface area contributed by atoms with Crippen molar-refractivity contribution < 1.29 is 15.3 Å². The molecule has 1 rings (SSSR count). The van der Waals surface area contributed by atoms with Gasteiger partial charge < -0.3 is 20.6 Å². The molecule has 1 fully saturated rings. The van der Waals surface area contributed by atoms with E-state index in [0.717, 1.165) is 0 Å². The second-order valence-electron chi connectivity index (χ2n) is 3.72. The molecule has 0 aromatic rings. The van der Waals surface area contributed by atoms with Crippen molar-refractivity contribution in [1.29, 1.82) is 0 Å². The topological polar surface area (TPSA) is 72.7 Å². The molecule has 1 saturated heterocycles. The second kappa shape index (κ2) is 2.42. The lowest BCUT2D eigenvalue weighted by atomic mass is 9.82. The molecule has 1 aliphatic rings. The average molecular weight is 161 g/mol.